The van der Waals surface area contributed by atoms with Crippen LogP contribution in [-0.4, -0.2) is 58.0 Å². The molecule has 2 aromatic rings. The van der Waals surface area contributed by atoms with Gasteiger partial charge in [-0.25, -0.2) is 13.1 Å². The number of hydrogen-bond donors (Lipinski definition) is 1. The Bertz CT molecular complexity index is 803. The molecule has 1 aliphatic rings. The van der Waals surface area contributed by atoms with Gasteiger partial charge >= 0.3 is 0 Å². The van der Waals surface area contributed by atoms with E-state index in [1.165, 1.54) is 0 Å². The molecule has 5 nitrogen and oxygen atoms in total. The van der Waals surface area contributed by atoms with E-state index in [0.717, 1.165) is 31.7 Å². The third-order valence-corrected chi connectivity index (χ3v) is 6.67. The fraction of sp³-hybridized carbons (Fsp3) is 0.400. The van der Waals surface area contributed by atoms with Crippen LogP contribution in [0.3, 0.4) is 0 Å². The molecule has 1 N–H and O–H groups in total. The van der Waals surface area contributed by atoms with E-state index in [9.17, 15) is 8.42 Å². The first kappa shape index (κ1) is 19.0. The van der Waals surface area contributed by atoms with Crippen LogP contribution in [0.15, 0.2) is 65.6 Å². The second-order valence-electron chi connectivity index (χ2n) is 7.07. The molecule has 140 valence electrons. The lowest BCUT2D eigenvalue weighted by Crippen LogP contribution is -2.57. The third kappa shape index (κ3) is 4.15. The van der Waals surface area contributed by atoms with Crippen molar-refractivity contribution < 1.29 is 8.42 Å². The molecule has 1 heterocycles. The minimum Gasteiger partial charge on any atom is -0.304 e. The summed E-state index contributed by atoms with van der Waals surface area (Å²) < 4.78 is 28.3. The SMILES string of the molecule is CN1CCN([C@](C)(CNS(=O)(=O)c2ccccc2)c2ccccc2)CC1. The lowest BCUT2D eigenvalue weighted by molar-refractivity contribution is 0.0517. The molecule has 1 saturated heterocycles. The molecule has 0 spiro atoms. The van der Waals surface area contributed by atoms with Gasteiger partial charge in [-0.05, 0) is 31.7 Å². The van der Waals surface area contributed by atoms with Crippen LogP contribution in [0.4, 0.5) is 0 Å². The molecule has 26 heavy (non-hydrogen) atoms. The van der Waals surface area contributed by atoms with Gasteiger partial charge in [-0.1, -0.05) is 48.5 Å². The number of nitrogens with one attached hydrogen (secondary N) is 1. The Morgan fingerprint density at radius 1 is 0.923 bits per heavy atom. The van der Waals surface area contributed by atoms with Gasteiger partial charge in [-0.2, -0.15) is 0 Å². The molecule has 0 radical (unpaired) electrons. The highest BCUT2D eigenvalue weighted by atomic mass is 32.2. The van der Waals surface area contributed by atoms with Crippen molar-refractivity contribution in [2.24, 2.45) is 0 Å². The molecule has 2 aromatic carbocycles. The molecule has 0 aromatic heterocycles. The van der Waals surface area contributed by atoms with Crippen molar-refractivity contribution in [3.63, 3.8) is 0 Å². The second-order valence-corrected chi connectivity index (χ2v) is 8.83. The molecule has 1 fully saturated rings. The van der Waals surface area contributed by atoms with E-state index in [4.69, 9.17) is 0 Å². The Kier molecular flexibility index (Phi) is 5.77. The summed E-state index contributed by atoms with van der Waals surface area (Å²) in [7, 11) is -1.42. The lowest BCUT2D eigenvalue weighted by atomic mass is 9.89. The molecule has 1 atom stereocenters. The predicted octanol–water partition coefficient (Wildman–Crippen LogP) is 2.13. The van der Waals surface area contributed by atoms with E-state index >= 15 is 0 Å². The van der Waals surface area contributed by atoms with Crippen molar-refractivity contribution >= 4 is 10.0 Å². The number of piperazine rings is 1. The summed E-state index contributed by atoms with van der Waals surface area (Å²) in [6.45, 7) is 6.24. The van der Waals surface area contributed by atoms with Crippen molar-refractivity contribution in [3.8, 4) is 0 Å². The van der Waals surface area contributed by atoms with Crippen LogP contribution >= 0.6 is 0 Å². The molecular formula is C20H27N3O2S. The summed E-state index contributed by atoms with van der Waals surface area (Å²) in [5.74, 6) is 0. The number of likely N-dealkylation sites (N-methyl/N-ethyl adjacent to an activating group) is 1. The minimum atomic E-state index is -3.54. The van der Waals surface area contributed by atoms with Crippen molar-refractivity contribution in [2.75, 3.05) is 39.8 Å². The number of benzene rings is 2. The highest BCUT2D eigenvalue weighted by molar-refractivity contribution is 7.89. The summed E-state index contributed by atoms with van der Waals surface area (Å²) in [4.78, 5) is 4.99. The zero-order chi connectivity index (χ0) is 18.6. The van der Waals surface area contributed by atoms with Crippen molar-refractivity contribution in [1.29, 1.82) is 0 Å². The number of sulfonamides is 1. The van der Waals surface area contributed by atoms with Crippen LogP contribution in [0.1, 0.15) is 12.5 Å². The standard InChI is InChI=1S/C20H27N3O2S/c1-20(18-9-5-3-6-10-18,23-15-13-22(2)14-16-23)17-21-26(24,25)19-11-7-4-8-12-19/h3-12,21H,13-17H2,1-2H3/t20-/m1/s1. The van der Waals surface area contributed by atoms with E-state index in [-0.39, 0.29) is 0 Å². The smallest absolute Gasteiger partial charge is 0.240 e. The highest BCUT2D eigenvalue weighted by Crippen LogP contribution is 2.29. The Labute approximate surface area is 156 Å². The van der Waals surface area contributed by atoms with E-state index < -0.39 is 15.6 Å². The number of rotatable bonds is 6. The summed E-state index contributed by atoms with van der Waals surface area (Å²) in [5.41, 5.74) is 0.727. The second kappa shape index (κ2) is 7.88. The van der Waals surface area contributed by atoms with Crippen LogP contribution in [0.25, 0.3) is 0 Å². The maximum atomic E-state index is 12.7. The van der Waals surface area contributed by atoms with Gasteiger partial charge in [0, 0.05) is 32.7 Å². The van der Waals surface area contributed by atoms with Crippen LogP contribution in [0, 0.1) is 0 Å². The van der Waals surface area contributed by atoms with Crippen molar-refractivity contribution in [3.05, 3.63) is 66.2 Å². The molecule has 0 aliphatic carbocycles. The Hall–Kier alpha value is -1.73. The molecule has 0 unspecified atom stereocenters. The fourth-order valence-electron chi connectivity index (χ4n) is 3.41. The van der Waals surface area contributed by atoms with Gasteiger partial charge in [0.05, 0.1) is 10.4 Å². The van der Waals surface area contributed by atoms with Crippen molar-refractivity contribution in [1.82, 2.24) is 14.5 Å². The largest absolute Gasteiger partial charge is 0.304 e. The molecule has 3 rings (SSSR count). The average molecular weight is 374 g/mol. The fourth-order valence-corrected chi connectivity index (χ4v) is 4.57. The van der Waals surface area contributed by atoms with Gasteiger partial charge in [0.25, 0.3) is 0 Å². The first-order valence-electron chi connectivity index (χ1n) is 8.96. The minimum absolute atomic E-state index is 0.300. The van der Waals surface area contributed by atoms with Crippen LogP contribution in [0.5, 0.6) is 0 Å². The Balaban J connectivity index is 1.85. The third-order valence-electron chi connectivity index (χ3n) is 5.26. The maximum Gasteiger partial charge on any atom is 0.240 e. The summed E-state index contributed by atoms with van der Waals surface area (Å²) in [6, 6.07) is 18.7. The van der Waals surface area contributed by atoms with Crippen LogP contribution < -0.4 is 4.72 Å². The molecule has 0 bridgehead atoms. The zero-order valence-electron chi connectivity index (χ0n) is 15.4. The number of nitrogens with zero attached hydrogens (tertiary/aromatic N) is 2. The van der Waals surface area contributed by atoms with Gasteiger partial charge in [0.15, 0.2) is 0 Å². The number of hydrogen-bond acceptors (Lipinski definition) is 4. The van der Waals surface area contributed by atoms with Gasteiger partial charge in [-0.15, -0.1) is 0 Å². The predicted molar refractivity (Wildman–Crippen MR) is 104 cm³/mol. The molecule has 0 amide bonds. The van der Waals surface area contributed by atoms with E-state index in [2.05, 4.69) is 40.6 Å². The van der Waals surface area contributed by atoms with Crippen LogP contribution in [-0.2, 0) is 15.6 Å². The van der Waals surface area contributed by atoms with E-state index in [1.807, 2.05) is 24.3 Å². The van der Waals surface area contributed by atoms with Crippen LogP contribution in [0.2, 0.25) is 0 Å². The van der Waals surface area contributed by atoms with Crippen molar-refractivity contribution in [2.45, 2.75) is 17.4 Å². The topological polar surface area (TPSA) is 52.6 Å². The first-order valence-corrected chi connectivity index (χ1v) is 10.4. The zero-order valence-corrected chi connectivity index (χ0v) is 16.2. The quantitative estimate of drug-likeness (QED) is 0.843. The van der Waals surface area contributed by atoms with Gasteiger partial charge < -0.3 is 4.90 Å². The molecular weight excluding hydrogens is 346 g/mol. The first-order chi connectivity index (χ1) is 12.4. The van der Waals surface area contributed by atoms with E-state index in [0.29, 0.717) is 11.4 Å². The Morgan fingerprint density at radius 3 is 2.04 bits per heavy atom. The molecule has 6 heteroatoms. The maximum absolute atomic E-state index is 12.7. The molecule has 0 saturated carbocycles. The summed E-state index contributed by atoms with van der Waals surface area (Å²) >= 11 is 0. The summed E-state index contributed by atoms with van der Waals surface area (Å²) in [6.07, 6.45) is 0. The Morgan fingerprint density at radius 2 is 1.46 bits per heavy atom. The normalized spacial score (nSPS) is 19.2. The summed E-state index contributed by atoms with van der Waals surface area (Å²) in [5, 5.41) is 0. The lowest BCUT2D eigenvalue weighted by Gasteiger charge is -2.45. The van der Waals surface area contributed by atoms with Gasteiger partial charge in [0.1, 0.15) is 0 Å². The monoisotopic (exact) mass is 373 g/mol. The molecule has 1 aliphatic heterocycles. The van der Waals surface area contributed by atoms with E-state index in [1.54, 1.807) is 24.3 Å². The highest BCUT2D eigenvalue weighted by Gasteiger charge is 2.36. The van der Waals surface area contributed by atoms with Gasteiger partial charge in [0.2, 0.25) is 10.0 Å². The van der Waals surface area contributed by atoms with Gasteiger partial charge in [-0.3, -0.25) is 4.90 Å². The average Bonchev–Trinajstić information content (AvgIpc) is 2.68.